The van der Waals surface area contributed by atoms with Crippen LogP contribution in [0.15, 0.2) is 64.0 Å². The van der Waals surface area contributed by atoms with E-state index in [1.54, 1.807) is 12.1 Å². The number of hydrogen-bond acceptors (Lipinski definition) is 5. The number of carbonyl (C=O) groups is 1. The molecule has 1 aliphatic rings. The molecule has 192 valence electrons. The lowest BCUT2D eigenvalue weighted by atomic mass is 9.97. The Hall–Kier alpha value is -2.97. The van der Waals surface area contributed by atoms with E-state index in [1.807, 2.05) is 30.3 Å². The molecule has 3 aromatic rings. The highest BCUT2D eigenvalue weighted by Crippen LogP contribution is 2.36. The van der Waals surface area contributed by atoms with Crippen molar-refractivity contribution >= 4 is 15.9 Å². The zero-order chi connectivity index (χ0) is 25.4. The van der Waals surface area contributed by atoms with Crippen LogP contribution >= 0.6 is 0 Å². The van der Waals surface area contributed by atoms with Crippen molar-refractivity contribution in [2.24, 2.45) is 11.1 Å². The summed E-state index contributed by atoms with van der Waals surface area (Å²) in [4.78, 5) is 12.2. The first-order valence-electron chi connectivity index (χ1n) is 12.9. The van der Waals surface area contributed by atoms with Gasteiger partial charge in [0.15, 0.2) is 0 Å². The predicted molar refractivity (Wildman–Crippen MR) is 141 cm³/mol. The van der Waals surface area contributed by atoms with Gasteiger partial charge in [-0.05, 0) is 43.4 Å². The molecule has 1 fully saturated rings. The maximum atomic E-state index is 12.1. The largest absolute Gasteiger partial charge is 0.360 e. The van der Waals surface area contributed by atoms with Gasteiger partial charge in [-0.2, -0.15) is 0 Å². The van der Waals surface area contributed by atoms with Crippen molar-refractivity contribution in [3.05, 3.63) is 60.4 Å². The van der Waals surface area contributed by atoms with Gasteiger partial charge in [-0.3, -0.25) is 4.79 Å². The van der Waals surface area contributed by atoms with Crippen LogP contribution in [0.1, 0.15) is 63.5 Å². The molecule has 3 N–H and O–H groups in total. The third-order valence-electron chi connectivity index (χ3n) is 6.89. The summed E-state index contributed by atoms with van der Waals surface area (Å²) in [7, 11) is -3.76. The van der Waals surface area contributed by atoms with Crippen molar-refractivity contribution < 1.29 is 17.7 Å². The average Bonchev–Trinajstić information content (AvgIpc) is 3.56. The van der Waals surface area contributed by atoms with Gasteiger partial charge in [0.1, 0.15) is 11.5 Å². The zero-order valence-corrected chi connectivity index (χ0v) is 21.4. The Labute approximate surface area is 213 Å². The van der Waals surface area contributed by atoms with E-state index in [0.29, 0.717) is 0 Å². The molecule has 1 aromatic heterocycles. The van der Waals surface area contributed by atoms with Gasteiger partial charge in [-0.15, -0.1) is 0 Å². The number of nitrogens with two attached hydrogens (primary N) is 1. The normalized spacial score (nSPS) is 14.2. The molecular formula is C28H35N3O4S. The van der Waals surface area contributed by atoms with E-state index >= 15 is 0 Å². The minimum absolute atomic E-state index is 0.0740. The number of benzene rings is 2. The van der Waals surface area contributed by atoms with E-state index in [9.17, 15) is 13.2 Å². The van der Waals surface area contributed by atoms with Crippen LogP contribution in [0.25, 0.3) is 22.4 Å². The van der Waals surface area contributed by atoms with Crippen molar-refractivity contribution in [3.8, 4) is 22.4 Å². The third-order valence-corrected chi connectivity index (χ3v) is 7.82. The Bertz CT molecular complexity index is 1230. The molecule has 0 spiro atoms. The van der Waals surface area contributed by atoms with Crippen LogP contribution in [0, 0.1) is 5.92 Å². The smallest absolute Gasteiger partial charge is 0.238 e. The van der Waals surface area contributed by atoms with Crippen LogP contribution in [-0.4, -0.2) is 26.0 Å². The fraction of sp³-hybridized carbons (Fsp3) is 0.429. The molecule has 0 aliphatic heterocycles. The van der Waals surface area contributed by atoms with E-state index in [4.69, 9.17) is 9.66 Å². The Morgan fingerprint density at radius 2 is 1.58 bits per heavy atom. The number of amides is 1. The molecule has 2 aromatic carbocycles. The van der Waals surface area contributed by atoms with Crippen LogP contribution in [0.3, 0.4) is 0 Å². The molecule has 4 rings (SSSR count). The Morgan fingerprint density at radius 1 is 0.917 bits per heavy atom. The molecule has 8 heteroatoms. The summed E-state index contributed by atoms with van der Waals surface area (Å²) in [6.07, 6.45) is 10.4. The lowest BCUT2D eigenvalue weighted by Crippen LogP contribution is -2.30. The first-order chi connectivity index (χ1) is 17.4. The molecule has 0 atom stereocenters. The Balaban J connectivity index is 1.33. The van der Waals surface area contributed by atoms with Crippen LogP contribution in [0.5, 0.6) is 0 Å². The van der Waals surface area contributed by atoms with Gasteiger partial charge in [0.25, 0.3) is 0 Å². The zero-order valence-electron chi connectivity index (χ0n) is 20.6. The molecule has 36 heavy (non-hydrogen) atoms. The number of nitrogens with one attached hydrogen (secondary N) is 1. The number of carbonyl (C=O) groups excluding carboxylic acids is 1. The molecule has 0 unspecified atom stereocenters. The standard InChI is InChI=1S/C28H35N3O4S/c29-36(33,34)24-18-16-21(17-19-24)26-25(35-31-27(26)22-11-5-4-6-12-22)15-7-2-1-3-10-20-30-28(32)23-13-8-9-14-23/h4-6,11-12,16-19,23H,1-3,7-10,13-15,20H2,(H,30,32)(H2,29,33,34). The number of aryl methyl sites for hydroxylation is 1. The highest BCUT2D eigenvalue weighted by atomic mass is 32.2. The van der Waals surface area contributed by atoms with E-state index in [0.717, 1.165) is 86.1 Å². The van der Waals surface area contributed by atoms with Crippen molar-refractivity contribution in [1.82, 2.24) is 10.5 Å². The van der Waals surface area contributed by atoms with Crippen LogP contribution < -0.4 is 10.5 Å². The monoisotopic (exact) mass is 509 g/mol. The molecule has 0 bridgehead atoms. The first kappa shape index (κ1) is 26.1. The maximum absolute atomic E-state index is 12.1. The van der Waals surface area contributed by atoms with Crippen molar-refractivity contribution in [2.45, 2.75) is 69.1 Å². The fourth-order valence-corrected chi connectivity index (χ4v) is 5.40. The van der Waals surface area contributed by atoms with E-state index in [1.165, 1.54) is 25.0 Å². The number of sulfonamides is 1. The van der Waals surface area contributed by atoms with Gasteiger partial charge in [0.2, 0.25) is 15.9 Å². The summed E-state index contributed by atoms with van der Waals surface area (Å²) in [6.45, 7) is 0.760. The minimum Gasteiger partial charge on any atom is -0.360 e. The molecule has 1 aliphatic carbocycles. The highest BCUT2D eigenvalue weighted by molar-refractivity contribution is 7.89. The van der Waals surface area contributed by atoms with Gasteiger partial charge in [-0.1, -0.05) is 79.7 Å². The van der Waals surface area contributed by atoms with E-state index in [-0.39, 0.29) is 16.7 Å². The summed E-state index contributed by atoms with van der Waals surface area (Å²) in [5.74, 6) is 1.26. The van der Waals surface area contributed by atoms with Gasteiger partial charge in [0, 0.05) is 24.4 Å². The minimum atomic E-state index is -3.76. The van der Waals surface area contributed by atoms with Crippen LogP contribution in [0.2, 0.25) is 0 Å². The summed E-state index contributed by atoms with van der Waals surface area (Å²) < 4.78 is 29.1. The van der Waals surface area contributed by atoms with Crippen LogP contribution in [-0.2, 0) is 21.2 Å². The van der Waals surface area contributed by atoms with Gasteiger partial charge in [0.05, 0.1) is 10.5 Å². The summed E-state index contributed by atoms with van der Waals surface area (Å²) in [5.41, 5.74) is 3.41. The van der Waals surface area contributed by atoms with Crippen molar-refractivity contribution in [3.63, 3.8) is 0 Å². The second-order valence-electron chi connectivity index (χ2n) is 9.55. The quantitative estimate of drug-likeness (QED) is 0.315. The fourth-order valence-electron chi connectivity index (χ4n) is 4.88. The summed E-state index contributed by atoms with van der Waals surface area (Å²) in [6, 6.07) is 16.4. The number of nitrogens with zero attached hydrogens (tertiary/aromatic N) is 1. The number of aromatic nitrogens is 1. The predicted octanol–water partition coefficient (Wildman–Crippen LogP) is 5.46. The van der Waals surface area contributed by atoms with Crippen LogP contribution in [0.4, 0.5) is 0 Å². The Kier molecular flexibility index (Phi) is 8.93. The highest BCUT2D eigenvalue weighted by Gasteiger charge is 2.22. The topological polar surface area (TPSA) is 115 Å². The first-order valence-corrected chi connectivity index (χ1v) is 14.4. The summed E-state index contributed by atoms with van der Waals surface area (Å²) >= 11 is 0. The molecule has 1 amide bonds. The average molecular weight is 510 g/mol. The van der Waals surface area contributed by atoms with Gasteiger partial charge in [-0.25, -0.2) is 13.6 Å². The molecular weight excluding hydrogens is 474 g/mol. The molecule has 0 saturated heterocycles. The van der Waals surface area contributed by atoms with Crippen molar-refractivity contribution in [1.29, 1.82) is 0 Å². The number of rotatable bonds is 12. The molecule has 0 radical (unpaired) electrons. The van der Waals surface area contributed by atoms with Crippen molar-refractivity contribution in [2.75, 3.05) is 6.54 Å². The van der Waals surface area contributed by atoms with Gasteiger partial charge >= 0.3 is 0 Å². The number of primary sulfonamides is 1. The Morgan fingerprint density at radius 3 is 2.28 bits per heavy atom. The SMILES string of the molecule is NS(=O)(=O)c1ccc(-c2c(-c3ccccc3)noc2CCCCCCCNC(=O)C2CCCC2)cc1. The van der Waals surface area contributed by atoms with Gasteiger partial charge < -0.3 is 9.84 Å². The van der Waals surface area contributed by atoms with E-state index in [2.05, 4.69) is 10.5 Å². The third kappa shape index (κ3) is 6.83. The lowest BCUT2D eigenvalue weighted by Gasteiger charge is -2.10. The molecule has 1 heterocycles. The lowest BCUT2D eigenvalue weighted by molar-refractivity contribution is -0.124. The maximum Gasteiger partial charge on any atom is 0.238 e. The van der Waals surface area contributed by atoms with E-state index < -0.39 is 10.0 Å². The second-order valence-corrected chi connectivity index (χ2v) is 11.1. The second kappa shape index (κ2) is 12.3. The molecule has 7 nitrogen and oxygen atoms in total. The number of unbranched alkanes of at least 4 members (excludes halogenated alkanes) is 4. The summed E-state index contributed by atoms with van der Waals surface area (Å²) in [5, 5.41) is 12.7. The number of hydrogen-bond donors (Lipinski definition) is 2. The molecule has 1 saturated carbocycles.